The summed E-state index contributed by atoms with van der Waals surface area (Å²) in [6.45, 7) is 25.6. The molecular weight excluding hydrogens is 715 g/mol. The molecule has 0 atom stereocenters. The van der Waals surface area contributed by atoms with Crippen molar-refractivity contribution < 1.29 is 40.2 Å². The van der Waals surface area contributed by atoms with Crippen molar-refractivity contribution in [1.82, 2.24) is 0 Å². The molecule has 0 bridgehead atoms. The molecule has 2 heterocycles. The number of hydrogen-bond acceptors (Lipinski definition) is 8. The molecular formula is C41H53NO9S2. The summed E-state index contributed by atoms with van der Waals surface area (Å²) in [4.78, 5) is 15.4. The SMILES string of the molecule is C=C(/C=C(C1=c2cc(/C(=C\C(C)(C)C)CS(=O)(=O)O)c(=C)cc2Oc2cc3c(cc21)C(CS(=O)(=O)O)=CC(C)(C)N3C)\C(=C/C)C(=O)OC)CC.CC. The Bertz CT molecular complexity index is 2280. The van der Waals surface area contributed by atoms with E-state index in [1.54, 1.807) is 55.5 Å². The van der Waals surface area contributed by atoms with E-state index in [0.29, 0.717) is 78.6 Å². The van der Waals surface area contributed by atoms with Crippen molar-refractivity contribution in [2.75, 3.05) is 30.6 Å². The number of carbonyl (C=O) groups is 1. The lowest BCUT2D eigenvalue weighted by molar-refractivity contribution is -0.135. The number of rotatable bonds is 10. The number of likely N-dealkylation sites (N-methyl/N-ethyl adjacent to an activating group) is 1. The van der Waals surface area contributed by atoms with E-state index in [0.717, 1.165) is 0 Å². The molecule has 0 saturated carbocycles. The maximum absolute atomic E-state index is 13.4. The van der Waals surface area contributed by atoms with Gasteiger partial charge in [-0.1, -0.05) is 84.6 Å². The van der Waals surface area contributed by atoms with Crippen molar-refractivity contribution in [3.8, 4) is 11.5 Å². The van der Waals surface area contributed by atoms with Crippen LogP contribution in [0.1, 0.15) is 85.4 Å². The first-order valence-electron chi connectivity index (χ1n) is 17.4. The Morgan fingerprint density at radius 2 is 1.64 bits per heavy atom. The van der Waals surface area contributed by atoms with Crippen LogP contribution in [-0.4, -0.2) is 63.1 Å². The number of esters is 1. The van der Waals surface area contributed by atoms with E-state index < -0.39 is 48.7 Å². The lowest BCUT2D eigenvalue weighted by Gasteiger charge is -2.41. The van der Waals surface area contributed by atoms with Gasteiger partial charge in [0, 0.05) is 40.7 Å². The largest absolute Gasteiger partial charge is 0.465 e. The summed E-state index contributed by atoms with van der Waals surface area (Å²) in [5, 5.41) is 0.913. The quantitative estimate of drug-likeness (QED) is 0.110. The van der Waals surface area contributed by atoms with E-state index in [9.17, 15) is 30.7 Å². The fourth-order valence-corrected chi connectivity index (χ4v) is 7.63. The van der Waals surface area contributed by atoms with Crippen molar-refractivity contribution >= 4 is 55.2 Å². The van der Waals surface area contributed by atoms with Crippen LogP contribution in [0.15, 0.2) is 71.9 Å². The van der Waals surface area contributed by atoms with Crippen molar-refractivity contribution in [1.29, 1.82) is 0 Å². The highest BCUT2D eigenvalue weighted by Gasteiger charge is 2.35. The van der Waals surface area contributed by atoms with Gasteiger partial charge in [0.1, 0.15) is 23.0 Å². The summed E-state index contributed by atoms with van der Waals surface area (Å²) in [6, 6.07) is 6.99. The van der Waals surface area contributed by atoms with Crippen LogP contribution in [0.25, 0.3) is 23.3 Å². The molecule has 0 fully saturated rings. The van der Waals surface area contributed by atoms with E-state index in [4.69, 9.17) is 9.47 Å². The Morgan fingerprint density at radius 1 is 1.02 bits per heavy atom. The van der Waals surface area contributed by atoms with Crippen molar-refractivity contribution in [2.24, 2.45) is 5.41 Å². The van der Waals surface area contributed by atoms with Gasteiger partial charge in [-0.15, -0.1) is 0 Å². The van der Waals surface area contributed by atoms with Gasteiger partial charge in [-0.05, 0) is 78.3 Å². The number of ether oxygens (including phenoxy) is 2. The highest BCUT2D eigenvalue weighted by molar-refractivity contribution is 7.86. The van der Waals surface area contributed by atoms with Crippen molar-refractivity contribution in [2.45, 2.75) is 74.3 Å². The zero-order valence-corrected chi connectivity index (χ0v) is 34.3. The topological polar surface area (TPSA) is 148 Å². The van der Waals surface area contributed by atoms with E-state index in [2.05, 4.69) is 13.2 Å². The number of methoxy groups -OCH3 is 1. The van der Waals surface area contributed by atoms with Crippen LogP contribution in [0.4, 0.5) is 5.69 Å². The normalized spacial score (nSPS) is 15.9. The first-order valence-corrected chi connectivity index (χ1v) is 20.6. The summed E-state index contributed by atoms with van der Waals surface area (Å²) in [5.74, 6) is -1.15. The fraction of sp³-hybridized carbons (Fsp3) is 0.390. The van der Waals surface area contributed by atoms with Gasteiger partial charge in [0.25, 0.3) is 20.2 Å². The van der Waals surface area contributed by atoms with Crippen LogP contribution >= 0.6 is 0 Å². The molecule has 2 N–H and O–H groups in total. The van der Waals surface area contributed by atoms with Gasteiger partial charge in [-0.2, -0.15) is 16.8 Å². The average molecular weight is 768 g/mol. The highest BCUT2D eigenvalue weighted by atomic mass is 32.2. The molecule has 0 aliphatic carbocycles. The van der Waals surface area contributed by atoms with E-state index >= 15 is 0 Å². The Balaban J connectivity index is 0.00000372. The molecule has 53 heavy (non-hydrogen) atoms. The smallest absolute Gasteiger partial charge is 0.338 e. The number of anilines is 1. The number of allylic oxidation sites excluding steroid dienone is 4. The average Bonchev–Trinajstić information content (AvgIpc) is 3.03. The first-order chi connectivity index (χ1) is 24.4. The van der Waals surface area contributed by atoms with E-state index in [1.807, 2.05) is 67.3 Å². The summed E-state index contributed by atoms with van der Waals surface area (Å²) >= 11 is 0. The number of carbonyl (C=O) groups excluding carboxylic acids is 1. The summed E-state index contributed by atoms with van der Waals surface area (Å²) in [6.07, 6.45) is 7.51. The molecule has 2 aliphatic heterocycles. The van der Waals surface area contributed by atoms with Gasteiger partial charge in [-0.3, -0.25) is 9.11 Å². The molecule has 4 rings (SSSR count). The molecule has 2 aromatic carbocycles. The lowest BCUT2D eigenvalue weighted by atomic mass is 9.82. The second-order valence-electron chi connectivity index (χ2n) is 14.5. The zero-order chi connectivity index (χ0) is 40.4. The molecule has 0 radical (unpaired) electrons. The first kappa shape index (κ1) is 43.2. The molecule has 2 aliphatic rings. The molecule has 2 aromatic rings. The minimum atomic E-state index is -4.47. The predicted octanol–water partition coefficient (Wildman–Crippen LogP) is 7.26. The van der Waals surface area contributed by atoms with Crippen LogP contribution < -0.4 is 20.1 Å². The van der Waals surface area contributed by atoms with Gasteiger partial charge >= 0.3 is 5.97 Å². The van der Waals surface area contributed by atoms with Crippen LogP contribution in [0.2, 0.25) is 0 Å². The highest BCUT2D eigenvalue weighted by Crippen LogP contribution is 2.47. The Labute approximate surface area is 315 Å². The second-order valence-corrected chi connectivity index (χ2v) is 17.4. The van der Waals surface area contributed by atoms with E-state index in [-0.39, 0.29) is 5.57 Å². The predicted molar refractivity (Wildman–Crippen MR) is 216 cm³/mol. The molecule has 10 nitrogen and oxygen atoms in total. The lowest BCUT2D eigenvalue weighted by Crippen LogP contribution is -2.42. The molecule has 12 heteroatoms. The summed E-state index contributed by atoms with van der Waals surface area (Å²) in [7, 11) is -5.75. The molecule has 288 valence electrons. The minimum Gasteiger partial charge on any atom is -0.465 e. The minimum absolute atomic E-state index is 0.217. The zero-order valence-electron chi connectivity index (χ0n) is 32.7. The van der Waals surface area contributed by atoms with Gasteiger partial charge in [-0.25, -0.2) is 4.79 Å². The maximum atomic E-state index is 13.4. The fourth-order valence-electron chi connectivity index (χ4n) is 6.37. The summed E-state index contributed by atoms with van der Waals surface area (Å²) in [5.41, 5.74) is 3.53. The molecule has 0 unspecified atom stereocenters. The van der Waals surface area contributed by atoms with Crippen molar-refractivity contribution in [3.05, 3.63) is 99.0 Å². The Kier molecular flexibility index (Phi) is 13.0. The summed E-state index contributed by atoms with van der Waals surface area (Å²) < 4.78 is 80.8. The van der Waals surface area contributed by atoms with Gasteiger partial charge < -0.3 is 14.4 Å². The third-order valence-corrected chi connectivity index (χ3v) is 10.2. The Morgan fingerprint density at radius 3 is 2.15 bits per heavy atom. The number of benzene rings is 2. The van der Waals surface area contributed by atoms with Crippen LogP contribution in [-0.2, 0) is 29.8 Å². The second kappa shape index (κ2) is 16.0. The molecule has 0 spiro atoms. The Hall–Kier alpha value is -4.23. The van der Waals surface area contributed by atoms with Crippen LogP contribution in [0.3, 0.4) is 0 Å². The monoisotopic (exact) mass is 767 g/mol. The standard InChI is InChI=1S/C39H47NO9S2.C2H6/c1-12-23(3)14-30(27(13-2)37(41)48-11)36-31-16-28(25(19-38(5,6)7)21-50(42,43)44)24(4)15-34(31)49-35-18-33-29(17-32(35)36)26(22-51(45,46)47)20-39(8,9)40(33)10;1-2/h13-20H,3-4,12,21-22H2,1-2,5-11H3,(H,42,43,44)(H,45,46,47);1-2H3/b25-19-,27-13+,30-14+;. The van der Waals surface area contributed by atoms with Crippen LogP contribution in [0.5, 0.6) is 11.5 Å². The number of fused-ring (bicyclic) bond motifs is 3. The van der Waals surface area contributed by atoms with Gasteiger partial charge in [0.2, 0.25) is 0 Å². The molecule has 0 amide bonds. The van der Waals surface area contributed by atoms with Crippen LogP contribution in [0, 0.1) is 5.41 Å². The number of nitrogens with zero attached hydrogens (tertiary/aromatic N) is 1. The molecule has 0 aromatic heterocycles. The molecule has 0 saturated heterocycles. The third-order valence-electron chi connectivity index (χ3n) is 8.85. The maximum Gasteiger partial charge on any atom is 0.338 e. The van der Waals surface area contributed by atoms with Gasteiger partial charge in [0.05, 0.1) is 18.2 Å². The van der Waals surface area contributed by atoms with Crippen molar-refractivity contribution in [3.63, 3.8) is 0 Å². The number of hydrogen-bond donors (Lipinski definition) is 2. The third kappa shape index (κ3) is 10.1. The van der Waals surface area contributed by atoms with E-state index in [1.165, 1.54) is 7.11 Å². The van der Waals surface area contributed by atoms with Gasteiger partial charge in [0.15, 0.2) is 0 Å².